The number of aliphatic carboxylic acids is 1. The van der Waals surface area contributed by atoms with Crippen LogP contribution in [0.3, 0.4) is 0 Å². The first kappa shape index (κ1) is 16.6. The Labute approximate surface area is 121 Å². The van der Waals surface area contributed by atoms with Crippen molar-refractivity contribution in [2.75, 3.05) is 0 Å². The SMILES string of the molecule is O=C(O)C(OC1CC(n2cc(F)c(=O)[nH]c2=O)C1)P(=O)(O)O. The van der Waals surface area contributed by atoms with Gasteiger partial charge in [0.1, 0.15) is 0 Å². The number of carboxylic acid groups (broad SMARTS) is 1. The highest BCUT2D eigenvalue weighted by Crippen LogP contribution is 2.45. The highest BCUT2D eigenvalue weighted by molar-refractivity contribution is 7.53. The third kappa shape index (κ3) is 3.33. The number of hydrogen-bond donors (Lipinski definition) is 4. The Kier molecular flexibility index (Phi) is 4.34. The van der Waals surface area contributed by atoms with Gasteiger partial charge < -0.3 is 19.6 Å². The molecule has 0 radical (unpaired) electrons. The molecule has 0 spiro atoms. The Hall–Kier alpha value is -1.81. The maximum atomic E-state index is 13.1. The number of carboxylic acids is 1. The highest BCUT2D eigenvalue weighted by Gasteiger charge is 2.43. The fourth-order valence-electron chi connectivity index (χ4n) is 2.07. The molecule has 1 unspecified atom stereocenters. The number of H-pyrrole nitrogens is 1. The molecule has 1 aliphatic carbocycles. The second-order valence-electron chi connectivity index (χ2n) is 4.81. The van der Waals surface area contributed by atoms with Crippen LogP contribution in [-0.4, -0.2) is 42.4 Å². The molecule has 122 valence electrons. The van der Waals surface area contributed by atoms with E-state index >= 15 is 0 Å². The molecule has 1 saturated carbocycles. The van der Waals surface area contributed by atoms with Gasteiger partial charge in [0.25, 0.3) is 11.4 Å². The van der Waals surface area contributed by atoms with Crippen LogP contribution in [0.25, 0.3) is 0 Å². The molecule has 2 rings (SSSR count). The van der Waals surface area contributed by atoms with Crippen LogP contribution >= 0.6 is 7.60 Å². The zero-order valence-electron chi connectivity index (χ0n) is 10.9. The number of carbonyl (C=O) groups is 1. The maximum Gasteiger partial charge on any atom is 0.365 e. The monoisotopic (exact) mass is 338 g/mol. The van der Waals surface area contributed by atoms with Gasteiger partial charge in [-0.2, -0.15) is 4.39 Å². The zero-order chi connectivity index (χ0) is 16.7. The first-order valence-corrected chi connectivity index (χ1v) is 7.72. The van der Waals surface area contributed by atoms with Gasteiger partial charge in [0.05, 0.1) is 12.3 Å². The average molecular weight is 338 g/mol. The van der Waals surface area contributed by atoms with Crippen molar-refractivity contribution in [3.05, 3.63) is 32.9 Å². The van der Waals surface area contributed by atoms with E-state index in [1.54, 1.807) is 4.98 Å². The third-order valence-electron chi connectivity index (χ3n) is 3.23. The zero-order valence-corrected chi connectivity index (χ0v) is 11.8. The Morgan fingerprint density at radius 2 is 2.05 bits per heavy atom. The number of aromatic amines is 1. The lowest BCUT2D eigenvalue weighted by Gasteiger charge is -2.37. The first-order chi connectivity index (χ1) is 10.1. The Balaban J connectivity index is 2.05. The van der Waals surface area contributed by atoms with Gasteiger partial charge in [-0.3, -0.25) is 18.9 Å². The van der Waals surface area contributed by atoms with Gasteiger partial charge in [-0.25, -0.2) is 9.59 Å². The summed E-state index contributed by atoms with van der Waals surface area (Å²) in [5.41, 5.74) is -1.99. The van der Waals surface area contributed by atoms with Crippen LogP contribution < -0.4 is 11.2 Å². The second-order valence-corrected chi connectivity index (χ2v) is 6.45. The van der Waals surface area contributed by atoms with Gasteiger partial charge in [-0.15, -0.1) is 0 Å². The van der Waals surface area contributed by atoms with E-state index in [0.717, 1.165) is 10.8 Å². The summed E-state index contributed by atoms with van der Waals surface area (Å²) in [5.74, 6) is -5.24. The molecule has 1 heterocycles. The normalized spacial score (nSPS) is 22.9. The largest absolute Gasteiger partial charge is 0.479 e. The van der Waals surface area contributed by atoms with Crippen LogP contribution in [-0.2, 0) is 14.1 Å². The maximum absolute atomic E-state index is 13.1. The summed E-state index contributed by atoms with van der Waals surface area (Å²) in [6, 6.07) is -0.560. The van der Waals surface area contributed by atoms with Crippen LogP contribution in [0, 0.1) is 5.82 Å². The molecule has 0 saturated heterocycles. The topological polar surface area (TPSA) is 159 Å². The molecule has 10 nitrogen and oxygen atoms in total. The van der Waals surface area contributed by atoms with Crippen molar-refractivity contribution >= 4 is 13.6 Å². The quantitative estimate of drug-likeness (QED) is 0.497. The van der Waals surface area contributed by atoms with Crippen molar-refractivity contribution < 1.29 is 33.4 Å². The molecule has 0 bridgehead atoms. The van der Waals surface area contributed by atoms with Crippen molar-refractivity contribution in [2.24, 2.45) is 0 Å². The van der Waals surface area contributed by atoms with E-state index in [1.165, 1.54) is 0 Å². The summed E-state index contributed by atoms with van der Waals surface area (Å²) in [6.07, 6.45) is 0.0185. The van der Waals surface area contributed by atoms with E-state index in [4.69, 9.17) is 19.6 Å². The van der Waals surface area contributed by atoms with Gasteiger partial charge in [0, 0.05) is 6.04 Å². The van der Waals surface area contributed by atoms with Gasteiger partial charge in [0.15, 0.2) is 0 Å². The second kappa shape index (κ2) is 5.76. The van der Waals surface area contributed by atoms with E-state index in [-0.39, 0.29) is 12.8 Å². The van der Waals surface area contributed by atoms with Crippen molar-refractivity contribution in [2.45, 2.75) is 30.8 Å². The van der Waals surface area contributed by atoms with E-state index in [2.05, 4.69) is 0 Å². The number of halogens is 1. The van der Waals surface area contributed by atoms with E-state index in [1.807, 2.05) is 0 Å². The number of nitrogens with zero attached hydrogens (tertiary/aromatic N) is 1. The van der Waals surface area contributed by atoms with Crippen LogP contribution in [0.5, 0.6) is 0 Å². The summed E-state index contributed by atoms with van der Waals surface area (Å²) >= 11 is 0. The van der Waals surface area contributed by atoms with Crippen molar-refractivity contribution in [3.8, 4) is 0 Å². The standard InChI is InChI=1S/C10H12FN2O8P/c11-6-3-13(10(17)12-7(6)14)4-1-5(2-4)21-9(8(15)16)22(18,19)20/h3-5,9H,1-2H2,(H,15,16)(H,12,14,17)(H2,18,19,20). The molecule has 12 heteroatoms. The summed E-state index contributed by atoms with van der Waals surface area (Å²) in [4.78, 5) is 52.7. The molecule has 0 amide bonds. The van der Waals surface area contributed by atoms with Crippen molar-refractivity contribution in [3.63, 3.8) is 0 Å². The molecule has 0 aromatic carbocycles. The number of ether oxygens (including phenoxy) is 1. The minimum absolute atomic E-state index is 0.0508. The van der Waals surface area contributed by atoms with Gasteiger partial charge in [-0.05, 0) is 12.8 Å². The summed E-state index contributed by atoms with van der Waals surface area (Å²) in [7, 11) is -4.98. The van der Waals surface area contributed by atoms with Crippen LogP contribution in [0.15, 0.2) is 15.8 Å². The van der Waals surface area contributed by atoms with Crippen molar-refractivity contribution in [1.29, 1.82) is 0 Å². The molecule has 1 atom stereocenters. The number of rotatable bonds is 5. The lowest BCUT2D eigenvalue weighted by molar-refractivity contribution is -0.152. The Morgan fingerprint density at radius 3 is 2.55 bits per heavy atom. The number of nitrogens with one attached hydrogen (secondary N) is 1. The van der Waals surface area contributed by atoms with Gasteiger partial charge >= 0.3 is 19.3 Å². The third-order valence-corrected chi connectivity index (χ3v) is 4.18. The van der Waals surface area contributed by atoms with Crippen LogP contribution in [0.2, 0.25) is 0 Å². The summed E-state index contributed by atoms with van der Waals surface area (Å²) < 4.78 is 29.8. The fraction of sp³-hybridized carbons (Fsp3) is 0.500. The molecule has 22 heavy (non-hydrogen) atoms. The smallest absolute Gasteiger partial charge is 0.365 e. The van der Waals surface area contributed by atoms with Gasteiger partial charge in [0.2, 0.25) is 5.82 Å². The average Bonchev–Trinajstić information content (AvgIpc) is 2.31. The van der Waals surface area contributed by atoms with E-state index < -0.39 is 48.6 Å². The summed E-state index contributed by atoms with van der Waals surface area (Å²) in [5, 5.41) is 8.71. The molecular weight excluding hydrogens is 326 g/mol. The molecule has 4 N–H and O–H groups in total. The van der Waals surface area contributed by atoms with Crippen LogP contribution in [0.4, 0.5) is 4.39 Å². The van der Waals surface area contributed by atoms with E-state index in [9.17, 15) is 23.3 Å². The molecule has 1 aromatic heterocycles. The molecule has 1 fully saturated rings. The van der Waals surface area contributed by atoms with Gasteiger partial charge in [-0.1, -0.05) is 0 Å². The predicted octanol–water partition coefficient (Wildman–Crippen LogP) is -1.02. The van der Waals surface area contributed by atoms with Crippen molar-refractivity contribution in [1.82, 2.24) is 9.55 Å². The molecular formula is C10H12FN2O8P. The number of hydrogen-bond acceptors (Lipinski definition) is 5. The first-order valence-electron chi connectivity index (χ1n) is 6.04. The molecule has 1 aromatic rings. The highest BCUT2D eigenvalue weighted by atomic mass is 31.2. The van der Waals surface area contributed by atoms with E-state index in [0.29, 0.717) is 0 Å². The lowest BCUT2D eigenvalue weighted by Crippen LogP contribution is -2.43. The molecule has 1 aliphatic rings. The number of aromatic nitrogens is 2. The minimum atomic E-state index is -4.98. The lowest BCUT2D eigenvalue weighted by atomic mass is 9.89. The Bertz CT molecular complexity index is 746. The predicted molar refractivity (Wildman–Crippen MR) is 67.9 cm³/mol. The van der Waals surface area contributed by atoms with Crippen LogP contribution in [0.1, 0.15) is 18.9 Å². The minimum Gasteiger partial charge on any atom is -0.479 e. The summed E-state index contributed by atoms with van der Waals surface area (Å²) in [6.45, 7) is 0. The Morgan fingerprint density at radius 1 is 1.45 bits per heavy atom. The molecule has 0 aliphatic heterocycles. The fourth-order valence-corrected chi connectivity index (χ4v) is 2.69.